The Labute approximate surface area is 161 Å². The number of hydrogen-bond donors (Lipinski definition) is 1. The minimum absolute atomic E-state index is 0.242. The first-order valence-electron chi connectivity index (χ1n) is 8.50. The lowest BCUT2D eigenvalue weighted by Crippen LogP contribution is -2.37. The van der Waals surface area contributed by atoms with E-state index >= 15 is 0 Å². The van der Waals surface area contributed by atoms with Crippen molar-refractivity contribution in [1.82, 2.24) is 10.2 Å². The van der Waals surface area contributed by atoms with Gasteiger partial charge in [-0.25, -0.2) is 0 Å². The van der Waals surface area contributed by atoms with Gasteiger partial charge in [0.1, 0.15) is 12.3 Å². The Bertz CT molecular complexity index is 905. The van der Waals surface area contributed by atoms with Gasteiger partial charge in [-0.2, -0.15) is 0 Å². The summed E-state index contributed by atoms with van der Waals surface area (Å²) in [5.74, 6) is -1.79. The molecule has 0 aliphatic carbocycles. The SMILES string of the molecule is COc1cccc(CNC(=O)COC(=O)CN2C(=O)c3ccccc3C2=O)c1. The summed E-state index contributed by atoms with van der Waals surface area (Å²) in [6, 6.07) is 13.5. The molecule has 3 amide bonds. The number of imide groups is 1. The Balaban J connectivity index is 1.46. The molecule has 0 unspecified atom stereocenters. The van der Waals surface area contributed by atoms with Gasteiger partial charge in [0.15, 0.2) is 6.61 Å². The Morgan fingerprint density at radius 3 is 2.32 bits per heavy atom. The minimum atomic E-state index is -0.842. The molecule has 28 heavy (non-hydrogen) atoms. The molecular weight excluding hydrogens is 364 g/mol. The molecular formula is C20H18N2O6. The van der Waals surface area contributed by atoms with Crippen LogP contribution in [0.4, 0.5) is 0 Å². The van der Waals surface area contributed by atoms with Crippen LogP contribution < -0.4 is 10.1 Å². The van der Waals surface area contributed by atoms with Crippen molar-refractivity contribution in [2.24, 2.45) is 0 Å². The maximum atomic E-state index is 12.2. The fourth-order valence-electron chi connectivity index (χ4n) is 2.74. The van der Waals surface area contributed by atoms with Gasteiger partial charge in [-0.1, -0.05) is 24.3 Å². The highest BCUT2D eigenvalue weighted by molar-refractivity contribution is 6.22. The number of amides is 3. The molecule has 2 aromatic carbocycles. The van der Waals surface area contributed by atoms with Crippen LogP contribution in [-0.4, -0.2) is 48.9 Å². The average Bonchev–Trinajstić information content (AvgIpc) is 2.96. The van der Waals surface area contributed by atoms with Gasteiger partial charge in [-0.3, -0.25) is 24.1 Å². The van der Waals surface area contributed by atoms with Crippen molar-refractivity contribution in [2.45, 2.75) is 6.54 Å². The predicted molar refractivity (Wildman–Crippen MR) is 97.6 cm³/mol. The Morgan fingerprint density at radius 1 is 1.00 bits per heavy atom. The molecule has 0 fully saturated rings. The standard InChI is InChI=1S/C20H18N2O6/c1-27-14-6-4-5-13(9-14)10-21-17(23)12-28-18(24)11-22-19(25)15-7-2-3-8-16(15)20(22)26/h2-9H,10-12H2,1H3,(H,21,23). The van der Waals surface area contributed by atoms with E-state index in [1.54, 1.807) is 37.4 Å². The molecule has 1 aliphatic rings. The molecule has 0 spiro atoms. The predicted octanol–water partition coefficient (Wildman–Crippen LogP) is 1.15. The number of nitrogens with one attached hydrogen (secondary N) is 1. The summed E-state index contributed by atoms with van der Waals surface area (Å²) in [5, 5.41) is 2.61. The zero-order valence-electron chi connectivity index (χ0n) is 15.1. The highest BCUT2D eigenvalue weighted by Crippen LogP contribution is 2.22. The van der Waals surface area contributed by atoms with Crippen LogP contribution in [0.5, 0.6) is 5.75 Å². The summed E-state index contributed by atoms with van der Waals surface area (Å²) in [6.07, 6.45) is 0. The Hall–Kier alpha value is -3.68. The summed E-state index contributed by atoms with van der Waals surface area (Å²) in [7, 11) is 1.55. The van der Waals surface area contributed by atoms with Crippen LogP contribution in [0.1, 0.15) is 26.3 Å². The third-order valence-corrected chi connectivity index (χ3v) is 4.15. The molecule has 8 nitrogen and oxygen atoms in total. The van der Waals surface area contributed by atoms with Crippen molar-refractivity contribution in [3.8, 4) is 5.75 Å². The third-order valence-electron chi connectivity index (χ3n) is 4.15. The van der Waals surface area contributed by atoms with E-state index in [-0.39, 0.29) is 17.7 Å². The summed E-state index contributed by atoms with van der Waals surface area (Å²) >= 11 is 0. The van der Waals surface area contributed by atoms with Gasteiger partial charge in [0.25, 0.3) is 17.7 Å². The van der Waals surface area contributed by atoms with Crippen LogP contribution in [0.15, 0.2) is 48.5 Å². The molecule has 8 heteroatoms. The molecule has 0 atom stereocenters. The van der Waals surface area contributed by atoms with E-state index in [0.717, 1.165) is 10.5 Å². The van der Waals surface area contributed by atoms with E-state index in [0.29, 0.717) is 5.75 Å². The van der Waals surface area contributed by atoms with Crippen molar-refractivity contribution in [1.29, 1.82) is 0 Å². The molecule has 144 valence electrons. The average molecular weight is 382 g/mol. The summed E-state index contributed by atoms with van der Waals surface area (Å²) in [5.41, 5.74) is 1.32. The maximum absolute atomic E-state index is 12.2. The molecule has 3 rings (SSSR count). The topological polar surface area (TPSA) is 102 Å². The number of carbonyl (C=O) groups is 4. The molecule has 1 aliphatic heterocycles. The minimum Gasteiger partial charge on any atom is -0.497 e. The Kier molecular flexibility index (Phi) is 5.69. The normalized spacial score (nSPS) is 12.5. The number of benzene rings is 2. The largest absolute Gasteiger partial charge is 0.497 e. The third kappa shape index (κ3) is 4.17. The number of rotatable bonds is 7. The van der Waals surface area contributed by atoms with Crippen LogP contribution in [0.3, 0.4) is 0 Å². The van der Waals surface area contributed by atoms with E-state index in [1.807, 2.05) is 6.07 Å². The molecule has 2 aromatic rings. The number of nitrogens with zero attached hydrogens (tertiary/aromatic N) is 1. The van der Waals surface area contributed by atoms with Crippen molar-refractivity contribution in [2.75, 3.05) is 20.3 Å². The zero-order chi connectivity index (χ0) is 20.1. The molecule has 1 heterocycles. The van der Waals surface area contributed by atoms with Crippen molar-refractivity contribution >= 4 is 23.7 Å². The number of ether oxygens (including phenoxy) is 2. The molecule has 0 saturated heterocycles. The van der Waals surface area contributed by atoms with Crippen molar-refractivity contribution < 1.29 is 28.7 Å². The van der Waals surface area contributed by atoms with E-state index in [1.165, 1.54) is 12.1 Å². The fourth-order valence-corrected chi connectivity index (χ4v) is 2.74. The van der Waals surface area contributed by atoms with Gasteiger partial charge in [-0.15, -0.1) is 0 Å². The van der Waals surface area contributed by atoms with E-state index in [4.69, 9.17) is 9.47 Å². The quantitative estimate of drug-likeness (QED) is 0.569. The molecule has 0 bridgehead atoms. The second-order valence-corrected chi connectivity index (χ2v) is 6.03. The summed E-state index contributed by atoms with van der Waals surface area (Å²) < 4.78 is 9.98. The van der Waals surface area contributed by atoms with E-state index in [9.17, 15) is 19.2 Å². The summed E-state index contributed by atoms with van der Waals surface area (Å²) in [6.45, 7) is -0.812. The number of fused-ring (bicyclic) bond motifs is 1. The van der Waals surface area contributed by atoms with Crippen molar-refractivity contribution in [3.05, 3.63) is 65.2 Å². The smallest absolute Gasteiger partial charge is 0.326 e. The van der Waals surface area contributed by atoms with Gasteiger partial charge in [-0.05, 0) is 29.8 Å². The number of carbonyl (C=O) groups excluding carboxylic acids is 4. The second kappa shape index (κ2) is 8.34. The lowest BCUT2D eigenvalue weighted by molar-refractivity contribution is -0.148. The van der Waals surface area contributed by atoms with E-state index in [2.05, 4.69) is 5.32 Å². The highest BCUT2D eigenvalue weighted by atomic mass is 16.5. The maximum Gasteiger partial charge on any atom is 0.326 e. The molecule has 1 N–H and O–H groups in total. The summed E-state index contributed by atoms with van der Waals surface area (Å²) in [4.78, 5) is 49.0. The fraction of sp³-hybridized carbons (Fsp3) is 0.200. The van der Waals surface area contributed by atoms with Crippen LogP contribution >= 0.6 is 0 Å². The van der Waals surface area contributed by atoms with E-state index < -0.39 is 36.8 Å². The lowest BCUT2D eigenvalue weighted by Gasteiger charge is -2.13. The van der Waals surface area contributed by atoms with Gasteiger partial charge in [0.2, 0.25) is 0 Å². The number of esters is 1. The number of hydrogen-bond acceptors (Lipinski definition) is 6. The van der Waals surface area contributed by atoms with Crippen LogP contribution in [0.2, 0.25) is 0 Å². The van der Waals surface area contributed by atoms with Crippen molar-refractivity contribution in [3.63, 3.8) is 0 Å². The lowest BCUT2D eigenvalue weighted by atomic mass is 10.1. The first-order chi connectivity index (χ1) is 13.5. The van der Waals surface area contributed by atoms with Gasteiger partial charge >= 0.3 is 5.97 Å². The van der Waals surface area contributed by atoms with Crippen LogP contribution in [-0.2, 0) is 20.9 Å². The Morgan fingerprint density at radius 2 is 1.68 bits per heavy atom. The molecule has 0 radical (unpaired) electrons. The van der Waals surface area contributed by atoms with Gasteiger partial charge in [0, 0.05) is 6.54 Å². The first kappa shape index (κ1) is 19.1. The molecule has 0 aromatic heterocycles. The van der Waals surface area contributed by atoms with Gasteiger partial charge < -0.3 is 14.8 Å². The second-order valence-electron chi connectivity index (χ2n) is 6.03. The molecule has 0 saturated carbocycles. The monoisotopic (exact) mass is 382 g/mol. The first-order valence-corrected chi connectivity index (χ1v) is 8.50. The van der Waals surface area contributed by atoms with Crippen LogP contribution in [0.25, 0.3) is 0 Å². The number of methoxy groups -OCH3 is 1. The zero-order valence-corrected chi connectivity index (χ0v) is 15.1. The van der Waals surface area contributed by atoms with Crippen LogP contribution in [0, 0.1) is 0 Å². The highest BCUT2D eigenvalue weighted by Gasteiger charge is 2.36. The van der Waals surface area contributed by atoms with Gasteiger partial charge in [0.05, 0.1) is 18.2 Å².